The van der Waals surface area contributed by atoms with Crippen molar-refractivity contribution in [3.63, 3.8) is 0 Å². The molecule has 0 atom stereocenters. The number of hydrogen-bond acceptors (Lipinski definition) is 4. The zero-order valence-electron chi connectivity index (χ0n) is 11.8. The van der Waals surface area contributed by atoms with E-state index >= 15 is 0 Å². The summed E-state index contributed by atoms with van der Waals surface area (Å²) in [5, 5.41) is 7.32. The van der Waals surface area contributed by atoms with Gasteiger partial charge in [0.2, 0.25) is 0 Å². The van der Waals surface area contributed by atoms with Gasteiger partial charge in [-0.2, -0.15) is 0 Å². The van der Waals surface area contributed by atoms with Gasteiger partial charge in [0.25, 0.3) is 0 Å². The summed E-state index contributed by atoms with van der Waals surface area (Å²) in [6.07, 6.45) is 7.60. The summed E-state index contributed by atoms with van der Waals surface area (Å²) in [6, 6.07) is 0.538. The number of rotatable bonds is 3. The summed E-state index contributed by atoms with van der Waals surface area (Å²) in [7, 11) is 0. The molecule has 0 unspecified atom stereocenters. The van der Waals surface area contributed by atoms with Gasteiger partial charge in [-0.1, -0.05) is 0 Å². The zero-order chi connectivity index (χ0) is 13.2. The van der Waals surface area contributed by atoms with Crippen LogP contribution < -0.4 is 10.6 Å². The van der Waals surface area contributed by atoms with Gasteiger partial charge in [-0.3, -0.25) is 0 Å². The zero-order valence-corrected chi connectivity index (χ0v) is 11.8. The molecule has 1 aliphatic rings. The van der Waals surface area contributed by atoms with Crippen LogP contribution in [0.25, 0.3) is 0 Å². The van der Waals surface area contributed by atoms with Crippen LogP contribution in [0.2, 0.25) is 0 Å². The number of hydrogen-bond donors (Lipinski definition) is 2. The van der Waals surface area contributed by atoms with E-state index in [1.807, 2.05) is 12.4 Å². The highest BCUT2D eigenvalue weighted by atomic mass is 15.1. The second-order valence-corrected chi connectivity index (χ2v) is 6.63. The highest BCUT2D eigenvalue weighted by molar-refractivity contribution is 5.04. The Bertz CT molecular complexity index is 370. The van der Waals surface area contributed by atoms with Crippen molar-refractivity contribution in [2.45, 2.75) is 64.2 Å². The fourth-order valence-electron chi connectivity index (χ4n) is 3.15. The fourth-order valence-corrected chi connectivity index (χ4v) is 3.15. The van der Waals surface area contributed by atoms with Crippen LogP contribution in [0.3, 0.4) is 0 Å². The molecule has 1 aliphatic heterocycles. The highest BCUT2D eigenvalue weighted by Crippen LogP contribution is 2.28. The van der Waals surface area contributed by atoms with Crippen LogP contribution in [0.5, 0.6) is 0 Å². The smallest absolute Gasteiger partial charge is 0.115 e. The predicted octanol–water partition coefficient (Wildman–Crippen LogP) is 1.88. The lowest BCUT2D eigenvalue weighted by atomic mass is 9.79. The first-order valence-corrected chi connectivity index (χ1v) is 6.63. The van der Waals surface area contributed by atoms with Crippen molar-refractivity contribution < 1.29 is 0 Å². The third kappa shape index (κ3) is 3.75. The van der Waals surface area contributed by atoms with Crippen molar-refractivity contribution >= 4 is 0 Å². The molecule has 0 amide bonds. The molecule has 18 heavy (non-hydrogen) atoms. The van der Waals surface area contributed by atoms with Crippen molar-refractivity contribution in [3.05, 3.63) is 24.3 Å². The molecular weight excluding hydrogens is 224 g/mol. The Morgan fingerprint density at radius 2 is 1.72 bits per heavy atom. The first kappa shape index (κ1) is 13.4. The molecule has 1 aromatic rings. The second kappa shape index (κ2) is 4.94. The quantitative estimate of drug-likeness (QED) is 0.857. The van der Waals surface area contributed by atoms with Gasteiger partial charge >= 0.3 is 0 Å². The first-order chi connectivity index (χ1) is 8.36. The minimum atomic E-state index is 0.187. The molecule has 4 nitrogen and oxygen atoms in total. The van der Waals surface area contributed by atoms with E-state index in [-0.39, 0.29) is 11.1 Å². The minimum absolute atomic E-state index is 0.187. The minimum Gasteiger partial charge on any atom is -0.310 e. The Hall–Kier alpha value is -1.00. The standard InChI is InChI=1S/C14H24N4/c1-13(2)5-12(6-14(3,4)18-13)17-9-11-7-15-10-16-8-11/h7-8,10,12,17-18H,5-6,9H2,1-4H3. The molecule has 1 saturated heterocycles. The van der Waals surface area contributed by atoms with Gasteiger partial charge in [-0.15, -0.1) is 0 Å². The van der Waals surface area contributed by atoms with E-state index in [1.54, 1.807) is 6.33 Å². The van der Waals surface area contributed by atoms with E-state index in [1.165, 1.54) is 0 Å². The van der Waals surface area contributed by atoms with E-state index in [2.05, 4.69) is 48.3 Å². The average molecular weight is 248 g/mol. The Morgan fingerprint density at radius 3 is 2.28 bits per heavy atom. The Labute approximate surface area is 110 Å². The van der Waals surface area contributed by atoms with Crippen LogP contribution >= 0.6 is 0 Å². The molecule has 2 N–H and O–H groups in total. The average Bonchev–Trinajstić information content (AvgIpc) is 2.24. The maximum absolute atomic E-state index is 4.04. The fraction of sp³-hybridized carbons (Fsp3) is 0.714. The number of nitrogens with one attached hydrogen (secondary N) is 2. The molecular formula is C14H24N4. The molecule has 1 fully saturated rings. The van der Waals surface area contributed by atoms with Crippen LogP contribution in [0, 0.1) is 0 Å². The van der Waals surface area contributed by atoms with Crippen LogP contribution in [0.1, 0.15) is 46.1 Å². The van der Waals surface area contributed by atoms with Crippen LogP contribution in [0.15, 0.2) is 18.7 Å². The van der Waals surface area contributed by atoms with E-state index < -0.39 is 0 Å². The predicted molar refractivity (Wildman–Crippen MR) is 73.2 cm³/mol. The van der Waals surface area contributed by atoms with Gasteiger partial charge in [0.05, 0.1) is 0 Å². The molecule has 0 saturated carbocycles. The van der Waals surface area contributed by atoms with Gasteiger partial charge in [-0.25, -0.2) is 9.97 Å². The topological polar surface area (TPSA) is 49.8 Å². The molecule has 4 heteroatoms. The summed E-state index contributed by atoms with van der Waals surface area (Å²) < 4.78 is 0. The third-order valence-corrected chi connectivity index (χ3v) is 3.40. The lowest BCUT2D eigenvalue weighted by Gasteiger charge is -2.46. The number of piperidine rings is 1. The highest BCUT2D eigenvalue weighted by Gasteiger charge is 2.37. The molecule has 0 spiro atoms. The number of aromatic nitrogens is 2. The van der Waals surface area contributed by atoms with Gasteiger partial charge in [0, 0.05) is 41.6 Å². The first-order valence-electron chi connectivity index (χ1n) is 6.63. The molecule has 0 aliphatic carbocycles. The molecule has 2 heterocycles. The van der Waals surface area contributed by atoms with Gasteiger partial charge in [-0.05, 0) is 40.5 Å². The lowest BCUT2D eigenvalue weighted by Crippen LogP contribution is -2.61. The molecule has 100 valence electrons. The van der Waals surface area contributed by atoms with Gasteiger partial charge in [0.1, 0.15) is 6.33 Å². The lowest BCUT2D eigenvalue weighted by molar-refractivity contribution is 0.145. The van der Waals surface area contributed by atoms with Crippen molar-refractivity contribution in [2.75, 3.05) is 0 Å². The largest absolute Gasteiger partial charge is 0.310 e. The summed E-state index contributed by atoms with van der Waals surface area (Å²) in [5.74, 6) is 0. The van der Waals surface area contributed by atoms with Crippen molar-refractivity contribution in [1.29, 1.82) is 0 Å². The van der Waals surface area contributed by atoms with Crippen molar-refractivity contribution in [3.8, 4) is 0 Å². The maximum Gasteiger partial charge on any atom is 0.115 e. The van der Waals surface area contributed by atoms with Crippen molar-refractivity contribution in [2.24, 2.45) is 0 Å². The third-order valence-electron chi connectivity index (χ3n) is 3.40. The molecule has 1 aromatic heterocycles. The Kier molecular flexibility index (Phi) is 3.69. The Morgan fingerprint density at radius 1 is 1.17 bits per heavy atom. The normalized spacial score (nSPS) is 22.9. The van der Waals surface area contributed by atoms with E-state index in [0.717, 1.165) is 24.9 Å². The molecule has 0 radical (unpaired) electrons. The van der Waals surface area contributed by atoms with Gasteiger partial charge in [0.15, 0.2) is 0 Å². The van der Waals surface area contributed by atoms with E-state index in [0.29, 0.717) is 6.04 Å². The molecule has 0 bridgehead atoms. The van der Waals surface area contributed by atoms with Crippen LogP contribution in [0.4, 0.5) is 0 Å². The van der Waals surface area contributed by atoms with E-state index in [4.69, 9.17) is 0 Å². The van der Waals surface area contributed by atoms with Gasteiger partial charge < -0.3 is 10.6 Å². The summed E-state index contributed by atoms with van der Waals surface area (Å²) >= 11 is 0. The van der Waals surface area contributed by atoms with Crippen LogP contribution in [-0.4, -0.2) is 27.1 Å². The molecule has 2 rings (SSSR count). The van der Waals surface area contributed by atoms with Crippen molar-refractivity contribution in [1.82, 2.24) is 20.6 Å². The monoisotopic (exact) mass is 248 g/mol. The maximum atomic E-state index is 4.04. The second-order valence-electron chi connectivity index (χ2n) is 6.63. The molecule has 0 aromatic carbocycles. The van der Waals surface area contributed by atoms with Crippen LogP contribution in [-0.2, 0) is 6.54 Å². The Balaban J connectivity index is 1.93. The summed E-state index contributed by atoms with van der Waals surface area (Å²) in [5.41, 5.74) is 1.52. The SMILES string of the molecule is CC1(C)CC(NCc2cncnc2)CC(C)(C)N1. The number of nitrogens with zero attached hydrogens (tertiary/aromatic N) is 2. The summed E-state index contributed by atoms with van der Waals surface area (Å²) in [4.78, 5) is 8.08. The summed E-state index contributed by atoms with van der Waals surface area (Å²) in [6.45, 7) is 9.93. The van der Waals surface area contributed by atoms with E-state index in [9.17, 15) is 0 Å².